The molecule has 2 saturated heterocycles. The number of β-amino-alcohol motifs (C(OH)–C–C–N with tert-alkyl or cyclic N) is 1. The van der Waals surface area contributed by atoms with Crippen molar-refractivity contribution in [3.05, 3.63) is 77.6 Å². The first-order valence-corrected chi connectivity index (χ1v) is 12.6. The van der Waals surface area contributed by atoms with Crippen molar-refractivity contribution in [2.75, 3.05) is 32.8 Å². The van der Waals surface area contributed by atoms with Gasteiger partial charge in [-0.2, -0.15) is 0 Å². The van der Waals surface area contributed by atoms with Crippen LogP contribution in [0.25, 0.3) is 11.1 Å². The molecular formula is C28H35Cl2FN4O3. The van der Waals surface area contributed by atoms with Gasteiger partial charge in [0.1, 0.15) is 11.5 Å². The fourth-order valence-electron chi connectivity index (χ4n) is 5.03. The van der Waals surface area contributed by atoms with E-state index >= 15 is 0 Å². The van der Waals surface area contributed by atoms with Crippen molar-refractivity contribution in [1.82, 2.24) is 19.4 Å². The van der Waals surface area contributed by atoms with Crippen molar-refractivity contribution in [3.63, 3.8) is 0 Å². The second kappa shape index (κ2) is 13.5. The van der Waals surface area contributed by atoms with Crippen molar-refractivity contribution in [1.29, 1.82) is 0 Å². The van der Waals surface area contributed by atoms with Crippen molar-refractivity contribution < 1.29 is 19.0 Å². The molecule has 2 aromatic carbocycles. The first kappa shape index (κ1) is 30.1. The summed E-state index contributed by atoms with van der Waals surface area (Å²) in [6.07, 6.45) is 5.53. The highest BCUT2D eigenvalue weighted by Crippen LogP contribution is 2.27. The van der Waals surface area contributed by atoms with Crippen molar-refractivity contribution in [2.45, 2.75) is 38.0 Å². The fourth-order valence-corrected chi connectivity index (χ4v) is 5.03. The Morgan fingerprint density at radius 1 is 1.13 bits per heavy atom. The number of halogens is 3. The molecule has 0 saturated carbocycles. The monoisotopic (exact) mass is 564 g/mol. The summed E-state index contributed by atoms with van der Waals surface area (Å²) in [4.78, 5) is 21.8. The number of carbonyl (C=O) groups is 1. The van der Waals surface area contributed by atoms with E-state index in [9.17, 15) is 14.3 Å². The number of carbonyl (C=O) groups excluding carboxylic acids is 1. The number of hydrogen-bond donors (Lipinski definition) is 1. The minimum Gasteiger partial charge on any atom is -0.390 e. The highest BCUT2D eigenvalue weighted by molar-refractivity contribution is 5.92. The average Bonchev–Trinajstić information content (AvgIpc) is 3.32. The van der Waals surface area contributed by atoms with E-state index in [-0.39, 0.29) is 48.7 Å². The zero-order valence-corrected chi connectivity index (χ0v) is 23.1. The van der Waals surface area contributed by atoms with Crippen molar-refractivity contribution >= 4 is 30.7 Å². The number of nitrogens with zero attached hydrogens (tertiary/aromatic N) is 4. The minimum atomic E-state index is -0.282. The maximum absolute atomic E-state index is 15.0. The first-order chi connectivity index (χ1) is 17.5. The van der Waals surface area contributed by atoms with E-state index in [0.29, 0.717) is 31.0 Å². The molecule has 0 bridgehead atoms. The van der Waals surface area contributed by atoms with E-state index in [1.165, 1.54) is 6.07 Å². The van der Waals surface area contributed by atoms with Crippen LogP contribution in [-0.4, -0.2) is 75.4 Å². The molecule has 206 valence electrons. The minimum absolute atomic E-state index is 0. The fraction of sp³-hybridized carbons (Fsp3) is 0.429. The maximum atomic E-state index is 15.0. The van der Waals surface area contributed by atoms with Gasteiger partial charge in [-0.1, -0.05) is 30.3 Å². The Labute approximate surface area is 235 Å². The predicted octanol–water partition coefficient (Wildman–Crippen LogP) is 4.11. The van der Waals surface area contributed by atoms with E-state index in [1.807, 2.05) is 36.2 Å². The summed E-state index contributed by atoms with van der Waals surface area (Å²) >= 11 is 0. The van der Waals surface area contributed by atoms with Crippen LogP contribution >= 0.6 is 24.8 Å². The average molecular weight is 566 g/mol. The van der Waals surface area contributed by atoms with E-state index in [1.54, 1.807) is 23.2 Å². The smallest absolute Gasteiger partial charge is 0.274 e. The summed E-state index contributed by atoms with van der Waals surface area (Å²) in [7, 11) is 1.84. The van der Waals surface area contributed by atoms with Crippen LogP contribution < -0.4 is 0 Å². The van der Waals surface area contributed by atoms with Crippen molar-refractivity contribution in [2.24, 2.45) is 7.05 Å². The highest BCUT2D eigenvalue weighted by Gasteiger charge is 2.28. The molecule has 3 aromatic rings. The van der Waals surface area contributed by atoms with Gasteiger partial charge < -0.3 is 19.3 Å². The Hall–Kier alpha value is -2.49. The quantitative estimate of drug-likeness (QED) is 0.446. The Morgan fingerprint density at radius 2 is 1.89 bits per heavy atom. The molecule has 7 nitrogen and oxygen atoms in total. The molecule has 1 aromatic heterocycles. The lowest BCUT2D eigenvalue weighted by molar-refractivity contribution is 0.00310. The predicted molar refractivity (Wildman–Crippen MR) is 149 cm³/mol. The molecule has 0 atom stereocenters. The summed E-state index contributed by atoms with van der Waals surface area (Å²) < 4.78 is 22.3. The summed E-state index contributed by atoms with van der Waals surface area (Å²) in [6.45, 7) is 3.93. The number of aromatic nitrogens is 2. The van der Waals surface area contributed by atoms with Crippen LogP contribution in [0, 0.1) is 5.82 Å². The Bertz CT molecular complexity index is 1210. The van der Waals surface area contributed by atoms with E-state index < -0.39 is 0 Å². The highest BCUT2D eigenvalue weighted by atomic mass is 35.5. The topological polar surface area (TPSA) is 70.8 Å². The zero-order valence-electron chi connectivity index (χ0n) is 21.5. The number of aliphatic hydroxyl groups excluding tert-OH is 1. The van der Waals surface area contributed by atoms with Gasteiger partial charge in [-0.15, -0.1) is 24.8 Å². The first-order valence-electron chi connectivity index (χ1n) is 12.6. The van der Waals surface area contributed by atoms with E-state index in [4.69, 9.17) is 4.74 Å². The maximum Gasteiger partial charge on any atom is 0.274 e. The molecule has 2 fully saturated rings. The lowest BCUT2D eigenvalue weighted by Crippen LogP contribution is -2.51. The van der Waals surface area contributed by atoms with Gasteiger partial charge in [0.15, 0.2) is 0 Å². The number of ether oxygens (including phenoxy) is 1. The SMILES string of the molecule is Cl.Cl.Cn1cnc(C(=O)N(Cc2ccc(F)c(-c3cccc(CCN4CC(O)C4)c3)c2)C2CCOCC2)c1. The number of imidazole rings is 1. The third-order valence-corrected chi connectivity index (χ3v) is 7.09. The second-order valence-electron chi connectivity index (χ2n) is 9.88. The summed E-state index contributed by atoms with van der Waals surface area (Å²) in [5, 5.41) is 9.49. The molecule has 2 aliphatic heterocycles. The Morgan fingerprint density at radius 3 is 2.58 bits per heavy atom. The van der Waals surface area contributed by atoms with Crippen molar-refractivity contribution in [3.8, 4) is 11.1 Å². The van der Waals surface area contributed by atoms with Crippen LogP contribution in [0.5, 0.6) is 0 Å². The van der Waals surface area contributed by atoms with Crippen LogP contribution in [0.15, 0.2) is 55.0 Å². The molecule has 5 rings (SSSR count). The molecule has 2 aliphatic rings. The van der Waals surface area contributed by atoms with Crippen LogP contribution in [-0.2, 0) is 24.8 Å². The number of aliphatic hydroxyl groups is 1. The zero-order chi connectivity index (χ0) is 25.1. The Balaban J connectivity index is 0.00000200. The van der Waals surface area contributed by atoms with Gasteiger partial charge in [-0.25, -0.2) is 9.37 Å². The van der Waals surface area contributed by atoms with Gasteiger partial charge >= 0.3 is 0 Å². The molecule has 1 amide bonds. The standard InChI is InChI=1S/C28H33FN4O3.2ClH/c1-31-18-27(30-19-31)28(35)33(23-8-11-36-12-9-23)15-21-5-6-26(29)25(14-21)22-4-2-3-20(13-22)7-10-32-16-24(34)17-32;;/h2-6,13-14,18-19,23-24,34H,7-12,15-17H2,1H3;2*1H. The Kier molecular flexibility index (Phi) is 10.7. The van der Waals surface area contributed by atoms with Gasteiger partial charge in [0.25, 0.3) is 5.91 Å². The molecule has 0 unspecified atom stereocenters. The molecule has 0 spiro atoms. The summed E-state index contributed by atoms with van der Waals surface area (Å²) in [6, 6.07) is 13.1. The van der Waals surface area contributed by atoms with Gasteiger partial charge in [-0.3, -0.25) is 9.69 Å². The summed E-state index contributed by atoms with van der Waals surface area (Å²) in [5.74, 6) is -0.401. The molecule has 38 heavy (non-hydrogen) atoms. The number of rotatable bonds is 8. The van der Waals surface area contributed by atoms with Gasteiger partial charge in [0.05, 0.1) is 12.4 Å². The molecule has 3 heterocycles. The van der Waals surface area contributed by atoms with E-state index in [2.05, 4.69) is 16.0 Å². The number of amides is 1. The molecular weight excluding hydrogens is 530 g/mol. The summed E-state index contributed by atoms with van der Waals surface area (Å²) in [5.41, 5.74) is 3.78. The lowest BCUT2D eigenvalue weighted by atomic mass is 9.98. The number of likely N-dealkylation sites (tertiary alicyclic amines) is 1. The van der Waals surface area contributed by atoms with Gasteiger partial charge in [0, 0.05) is 64.2 Å². The number of hydrogen-bond acceptors (Lipinski definition) is 5. The normalized spacial score (nSPS) is 16.3. The molecule has 0 radical (unpaired) electrons. The van der Waals surface area contributed by atoms with Crippen LogP contribution in [0.1, 0.15) is 34.5 Å². The van der Waals surface area contributed by atoms with Gasteiger partial charge in [-0.05, 0) is 48.1 Å². The molecule has 10 heteroatoms. The number of aryl methyl sites for hydroxylation is 1. The third kappa shape index (κ3) is 7.12. The molecule has 1 N–H and O–H groups in total. The van der Waals surface area contributed by atoms with Crippen LogP contribution in [0.3, 0.4) is 0 Å². The second-order valence-corrected chi connectivity index (χ2v) is 9.88. The van der Waals surface area contributed by atoms with Crippen LogP contribution in [0.2, 0.25) is 0 Å². The molecule has 0 aliphatic carbocycles. The van der Waals surface area contributed by atoms with Gasteiger partial charge in [0.2, 0.25) is 0 Å². The number of benzene rings is 2. The van der Waals surface area contributed by atoms with Crippen LogP contribution in [0.4, 0.5) is 4.39 Å². The van der Waals surface area contributed by atoms with E-state index in [0.717, 1.165) is 55.6 Å². The largest absolute Gasteiger partial charge is 0.390 e. The lowest BCUT2D eigenvalue weighted by Gasteiger charge is -2.35. The third-order valence-electron chi connectivity index (χ3n) is 7.09.